The summed E-state index contributed by atoms with van der Waals surface area (Å²) in [6.07, 6.45) is 1.85. The zero-order valence-corrected chi connectivity index (χ0v) is 9.69. The Labute approximate surface area is 96.1 Å². The lowest BCUT2D eigenvalue weighted by Gasteiger charge is -2.03. The van der Waals surface area contributed by atoms with E-state index in [1.54, 1.807) is 10.7 Å². The van der Waals surface area contributed by atoms with E-state index in [1.807, 2.05) is 31.3 Å². The van der Waals surface area contributed by atoms with Crippen molar-refractivity contribution in [1.82, 2.24) is 9.78 Å². The summed E-state index contributed by atoms with van der Waals surface area (Å²) in [4.78, 5) is 0. The Bertz CT molecular complexity index is 537. The molecule has 74 valence electrons. The van der Waals surface area contributed by atoms with Gasteiger partial charge in [0.15, 0.2) is 0 Å². The maximum atomic E-state index is 9.00. The van der Waals surface area contributed by atoms with Crippen LogP contribution in [-0.2, 0) is 0 Å². The molecule has 0 amide bonds. The molecule has 4 heteroatoms. The molecule has 0 saturated carbocycles. The summed E-state index contributed by atoms with van der Waals surface area (Å²) in [6, 6.07) is 9.61. The smallest absolute Gasteiger partial charge is 0.101 e. The van der Waals surface area contributed by atoms with E-state index < -0.39 is 0 Å². The van der Waals surface area contributed by atoms with Gasteiger partial charge in [-0.15, -0.1) is 0 Å². The summed E-state index contributed by atoms with van der Waals surface area (Å²) in [6.45, 7) is 1.92. The Balaban J connectivity index is 2.58. The van der Waals surface area contributed by atoms with E-state index >= 15 is 0 Å². The van der Waals surface area contributed by atoms with E-state index in [0.717, 1.165) is 15.9 Å². The van der Waals surface area contributed by atoms with Crippen molar-refractivity contribution < 1.29 is 0 Å². The van der Waals surface area contributed by atoms with E-state index in [-0.39, 0.29) is 0 Å². The van der Waals surface area contributed by atoms with Gasteiger partial charge >= 0.3 is 0 Å². The molecular weight excluding hydrogens is 254 g/mol. The summed E-state index contributed by atoms with van der Waals surface area (Å²) < 4.78 is 2.60. The van der Waals surface area contributed by atoms with Gasteiger partial charge in [0.1, 0.15) is 6.07 Å². The highest BCUT2D eigenvalue weighted by atomic mass is 79.9. The molecule has 1 aromatic heterocycles. The van der Waals surface area contributed by atoms with Crippen LogP contribution in [0.15, 0.2) is 34.9 Å². The number of nitrogens with zero attached hydrogens (tertiary/aromatic N) is 3. The quantitative estimate of drug-likeness (QED) is 0.792. The lowest BCUT2D eigenvalue weighted by atomic mass is 10.2. The maximum Gasteiger partial charge on any atom is 0.101 e. The third-order valence-electron chi connectivity index (χ3n) is 2.05. The van der Waals surface area contributed by atoms with Crippen LogP contribution in [0.1, 0.15) is 11.3 Å². The van der Waals surface area contributed by atoms with Crippen LogP contribution in [-0.4, -0.2) is 9.78 Å². The molecule has 0 saturated heterocycles. The first kappa shape index (κ1) is 9.94. The van der Waals surface area contributed by atoms with Gasteiger partial charge in [0.2, 0.25) is 0 Å². The van der Waals surface area contributed by atoms with Gasteiger partial charge in [-0.05, 0) is 31.2 Å². The van der Waals surface area contributed by atoms with Gasteiger partial charge in [0.05, 0.1) is 16.9 Å². The van der Waals surface area contributed by atoms with E-state index in [2.05, 4.69) is 27.1 Å². The standard InChI is InChI=1S/C11H8BrN3/c1-8-4-5-15(14-8)11-3-2-10(12)6-9(11)7-13/h2-6H,1H3. The van der Waals surface area contributed by atoms with Crippen LogP contribution in [0.3, 0.4) is 0 Å². The topological polar surface area (TPSA) is 41.6 Å². The second-order valence-electron chi connectivity index (χ2n) is 3.17. The monoisotopic (exact) mass is 261 g/mol. The van der Waals surface area contributed by atoms with E-state index in [0.29, 0.717) is 5.56 Å². The van der Waals surface area contributed by atoms with Gasteiger partial charge in [0.25, 0.3) is 0 Å². The van der Waals surface area contributed by atoms with Crippen molar-refractivity contribution in [2.45, 2.75) is 6.92 Å². The predicted molar refractivity (Wildman–Crippen MR) is 60.7 cm³/mol. The van der Waals surface area contributed by atoms with Gasteiger partial charge in [-0.3, -0.25) is 0 Å². The molecule has 3 nitrogen and oxygen atoms in total. The molecule has 0 aliphatic carbocycles. The van der Waals surface area contributed by atoms with Gasteiger partial charge in [-0.2, -0.15) is 10.4 Å². The largest absolute Gasteiger partial charge is 0.239 e. The highest BCUT2D eigenvalue weighted by molar-refractivity contribution is 9.10. The maximum absolute atomic E-state index is 9.00. The van der Waals surface area contributed by atoms with Crippen LogP contribution < -0.4 is 0 Å². The number of benzene rings is 1. The molecule has 0 unspecified atom stereocenters. The second kappa shape index (κ2) is 3.87. The molecule has 0 fully saturated rings. The first-order valence-electron chi connectivity index (χ1n) is 4.43. The fourth-order valence-electron chi connectivity index (χ4n) is 1.35. The molecule has 1 heterocycles. The molecule has 2 aromatic rings. The van der Waals surface area contributed by atoms with Crippen molar-refractivity contribution in [1.29, 1.82) is 5.26 Å². The molecular formula is C11H8BrN3. The number of hydrogen-bond acceptors (Lipinski definition) is 2. The molecule has 0 spiro atoms. The Hall–Kier alpha value is -1.60. The van der Waals surface area contributed by atoms with Gasteiger partial charge in [-0.1, -0.05) is 15.9 Å². The SMILES string of the molecule is Cc1ccn(-c2ccc(Br)cc2C#N)n1. The zero-order chi connectivity index (χ0) is 10.8. The van der Waals surface area contributed by atoms with Crippen LogP contribution in [0.2, 0.25) is 0 Å². The summed E-state index contributed by atoms with van der Waals surface area (Å²) in [5, 5.41) is 13.3. The normalized spacial score (nSPS) is 9.93. The van der Waals surface area contributed by atoms with Gasteiger partial charge in [-0.25, -0.2) is 4.68 Å². The summed E-state index contributed by atoms with van der Waals surface area (Å²) in [7, 11) is 0. The van der Waals surface area contributed by atoms with Crippen molar-refractivity contribution in [3.05, 3.63) is 46.2 Å². The number of aromatic nitrogens is 2. The van der Waals surface area contributed by atoms with Crippen LogP contribution in [0.4, 0.5) is 0 Å². The molecule has 2 rings (SSSR count). The third kappa shape index (κ3) is 1.92. The van der Waals surface area contributed by atoms with Crippen LogP contribution >= 0.6 is 15.9 Å². The van der Waals surface area contributed by atoms with E-state index in [4.69, 9.17) is 5.26 Å². The van der Waals surface area contributed by atoms with Gasteiger partial charge in [0, 0.05) is 10.7 Å². The van der Waals surface area contributed by atoms with Gasteiger partial charge < -0.3 is 0 Å². The van der Waals surface area contributed by atoms with E-state index in [9.17, 15) is 0 Å². The minimum absolute atomic E-state index is 0.604. The highest BCUT2D eigenvalue weighted by Gasteiger charge is 2.05. The highest BCUT2D eigenvalue weighted by Crippen LogP contribution is 2.19. The lowest BCUT2D eigenvalue weighted by Crippen LogP contribution is -1.98. The van der Waals surface area contributed by atoms with Crippen LogP contribution in [0.25, 0.3) is 5.69 Å². The average molecular weight is 262 g/mol. The van der Waals surface area contributed by atoms with Crippen molar-refractivity contribution >= 4 is 15.9 Å². The van der Waals surface area contributed by atoms with Crippen LogP contribution in [0.5, 0.6) is 0 Å². The number of nitriles is 1. The number of halogens is 1. The molecule has 0 atom stereocenters. The Morgan fingerprint density at radius 2 is 2.20 bits per heavy atom. The Morgan fingerprint density at radius 1 is 1.40 bits per heavy atom. The summed E-state index contributed by atoms with van der Waals surface area (Å²) in [5.74, 6) is 0. The first-order chi connectivity index (χ1) is 7.20. The molecule has 0 bridgehead atoms. The predicted octanol–water partition coefficient (Wildman–Crippen LogP) is 2.81. The van der Waals surface area contributed by atoms with Crippen molar-refractivity contribution in [2.24, 2.45) is 0 Å². The lowest BCUT2D eigenvalue weighted by molar-refractivity contribution is 0.859. The first-order valence-corrected chi connectivity index (χ1v) is 5.22. The van der Waals surface area contributed by atoms with Crippen LogP contribution in [0, 0.1) is 18.3 Å². The molecule has 0 radical (unpaired) electrons. The van der Waals surface area contributed by atoms with Crippen molar-refractivity contribution in [2.75, 3.05) is 0 Å². The summed E-state index contributed by atoms with van der Waals surface area (Å²) >= 11 is 3.33. The fraction of sp³-hybridized carbons (Fsp3) is 0.0909. The minimum atomic E-state index is 0.604. The van der Waals surface area contributed by atoms with Crippen molar-refractivity contribution in [3.63, 3.8) is 0 Å². The average Bonchev–Trinajstić information content (AvgIpc) is 2.64. The molecule has 0 N–H and O–H groups in total. The fourth-order valence-corrected chi connectivity index (χ4v) is 1.71. The van der Waals surface area contributed by atoms with E-state index in [1.165, 1.54) is 0 Å². The molecule has 1 aromatic carbocycles. The second-order valence-corrected chi connectivity index (χ2v) is 4.09. The number of aryl methyl sites for hydroxylation is 1. The number of rotatable bonds is 1. The zero-order valence-electron chi connectivity index (χ0n) is 8.11. The Kier molecular flexibility index (Phi) is 2.57. The van der Waals surface area contributed by atoms with Crippen molar-refractivity contribution in [3.8, 4) is 11.8 Å². The molecule has 0 aliphatic heterocycles. The number of hydrogen-bond donors (Lipinski definition) is 0. The minimum Gasteiger partial charge on any atom is -0.239 e. The Morgan fingerprint density at radius 3 is 2.80 bits per heavy atom. The molecule has 0 aliphatic rings. The summed E-state index contributed by atoms with van der Waals surface area (Å²) in [5.41, 5.74) is 2.34. The third-order valence-corrected chi connectivity index (χ3v) is 2.54. The molecule has 15 heavy (non-hydrogen) atoms.